The van der Waals surface area contributed by atoms with E-state index in [0.29, 0.717) is 0 Å². The van der Waals surface area contributed by atoms with E-state index in [-0.39, 0.29) is 11.4 Å². The van der Waals surface area contributed by atoms with Crippen molar-refractivity contribution in [2.45, 2.75) is 19.1 Å². The van der Waals surface area contributed by atoms with Crippen molar-refractivity contribution < 1.29 is 27.9 Å². The van der Waals surface area contributed by atoms with E-state index in [9.17, 15) is 22.8 Å². The molecule has 0 bridgehead atoms. The third-order valence-corrected chi connectivity index (χ3v) is 3.09. The number of aromatic nitrogens is 2. The molecule has 1 aromatic carbocycles. The van der Waals surface area contributed by atoms with Crippen LogP contribution in [0.1, 0.15) is 29.0 Å². The van der Waals surface area contributed by atoms with Crippen LogP contribution in [0.2, 0.25) is 0 Å². The smallest absolute Gasteiger partial charge is 0.416 e. The maximum atomic E-state index is 12.6. The highest BCUT2D eigenvalue weighted by Gasteiger charge is 2.30. The minimum absolute atomic E-state index is 0.0410. The average molecular weight is 327 g/mol. The number of halogens is 3. The Hall–Kier alpha value is -2.84. The zero-order chi connectivity index (χ0) is 17.2. The number of carbonyl (C=O) groups excluding carboxylic acids is 1. The average Bonchev–Trinajstić information content (AvgIpc) is 2.95. The molecule has 1 heterocycles. The van der Waals surface area contributed by atoms with Gasteiger partial charge in [0.1, 0.15) is 11.7 Å². The third kappa shape index (κ3) is 3.68. The first-order valence-corrected chi connectivity index (χ1v) is 6.45. The van der Waals surface area contributed by atoms with Crippen LogP contribution in [0.5, 0.6) is 0 Å². The van der Waals surface area contributed by atoms with E-state index in [4.69, 9.17) is 5.11 Å². The number of carboxylic acid groups (broad SMARTS) is 1. The summed E-state index contributed by atoms with van der Waals surface area (Å²) in [6.45, 7) is 1.39. The molecule has 0 spiro atoms. The fourth-order valence-corrected chi connectivity index (χ4v) is 1.92. The molecule has 1 aromatic heterocycles. The van der Waals surface area contributed by atoms with Crippen LogP contribution < -0.4 is 5.32 Å². The molecule has 2 N–H and O–H groups in total. The molecular weight excluding hydrogens is 315 g/mol. The predicted octanol–water partition coefficient (Wildman–Crippen LogP) is 2.80. The molecule has 0 fully saturated rings. The highest BCUT2D eigenvalue weighted by atomic mass is 19.4. The van der Waals surface area contributed by atoms with E-state index < -0.39 is 29.7 Å². The Kier molecular flexibility index (Phi) is 4.39. The highest BCUT2D eigenvalue weighted by molar-refractivity contribution is 5.94. The largest absolute Gasteiger partial charge is 0.477 e. The summed E-state index contributed by atoms with van der Waals surface area (Å²) >= 11 is 0. The summed E-state index contributed by atoms with van der Waals surface area (Å²) in [7, 11) is 0. The molecule has 0 aliphatic heterocycles. The number of aromatic carboxylic acids is 1. The molecule has 1 atom stereocenters. The van der Waals surface area contributed by atoms with E-state index in [1.54, 1.807) is 0 Å². The second kappa shape index (κ2) is 6.11. The second-order valence-electron chi connectivity index (χ2n) is 4.71. The van der Waals surface area contributed by atoms with Gasteiger partial charge in [-0.25, -0.2) is 9.48 Å². The number of carboxylic acids is 1. The first-order chi connectivity index (χ1) is 10.7. The van der Waals surface area contributed by atoms with Crippen molar-refractivity contribution in [1.82, 2.24) is 9.78 Å². The summed E-state index contributed by atoms with van der Waals surface area (Å²) in [5.74, 6) is -1.95. The Morgan fingerprint density at radius 1 is 1.30 bits per heavy atom. The van der Waals surface area contributed by atoms with Crippen molar-refractivity contribution in [2.75, 3.05) is 5.32 Å². The van der Waals surface area contributed by atoms with Gasteiger partial charge in [0, 0.05) is 11.9 Å². The zero-order valence-electron chi connectivity index (χ0n) is 11.8. The van der Waals surface area contributed by atoms with E-state index in [2.05, 4.69) is 10.4 Å². The predicted molar refractivity (Wildman–Crippen MR) is 74.0 cm³/mol. The van der Waals surface area contributed by atoms with Crippen LogP contribution in [0, 0.1) is 0 Å². The Bertz CT molecular complexity index is 740. The summed E-state index contributed by atoms with van der Waals surface area (Å²) < 4.78 is 38.9. The first-order valence-electron chi connectivity index (χ1n) is 6.45. The molecule has 0 saturated heterocycles. The maximum absolute atomic E-state index is 12.6. The topological polar surface area (TPSA) is 84.2 Å². The van der Waals surface area contributed by atoms with E-state index in [1.165, 1.54) is 31.3 Å². The molecule has 6 nitrogen and oxygen atoms in total. The van der Waals surface area contributed by atoms with Gasteiger partial charge in [-0.05, 0) is 31.2 Å². The highest BCUT2D eigenvalue weighted by Crippen LogP contribution is 2.30. The van der Waals surface area contributed by atoms with Crippen molar-refractivity contribution in [3.8, 4) is 0 Å². The monoisotopic (exact) mass is 327 g/mol. The van der Waals surface area contributed by atoms with Gasteiger partial charge < -0.3 is 10.4 Å². The van der Waals surface area contributed by atoms with Crippen LogP contribution in [0.15, 0.2) is 36.5 Å². The molecule has 0 saturated carbocycles. The fraction of sp³-hybridized carbons (Fsp3) is 0.214. The molecule has 1 amide bonds. The first kappa shape index (κ1) is 16.5. The molecule has 2 aromatic rings. The zero-order valence-corrected chi connectivity index (χ0v) is 11.8. The number of alkyl halides is 3. The van der Waals surface area contributed by atoms with Gasteiger partial charge in [-0.3, -0.25) is 4.79 Å². The molecule has 122 valence electrons. The normalized spacial score (nSPS) is 12.7. The van der Waals surface area contributed by atoms with Crippen LogP contribution in [0.4, 0.5) is 18.9 Å². The molecule has 0 aliphatic rings. The number of benzene rings is 1. The van der Waals surface area contributed by atoms with Gasteiger partial charge in [0.15, 0.2) is 0 Å². The quantitative estimate of drug-likeness (QED) is 0.904. The molecule has 1 unspecified atom stereocenters. The Balaban J connectivity index is 2.19. The van der Waals surface area contributed by atoms with Crippen molar-refractivity contribution in [1.29, 1.82) is 0 Å². The van der Waals surface area contributed by atoms with Gasteiger partial charge in [-0.2, -0.15) is 18.3 Å². The van der Waals surface area contributed by atoms with Gasteiger partial charge in [0.25, 0.3) is 0 Å². The molecule has 0 aliphatic carbocycles. The second-order valence-corrected chi connectivity index (χ2v) is 4.71. The SMILES string of the molecule is CC(C(=O)Nc1cccc(C(F)(F)F)c1)n1nccc1C(=O)O. The number of anilines is 1. The Labute approximate surface area is 128 Å². The molecule has 23 heavy (non-hydrogen) atoms. The summed E-state index contributed by atoms with van der Waals surface area (Å²) in [5, 5.41) is 15.1. The standard InChI is InChI=1S/C14H12F3N3O3/c1-8(20-11(13(22)23)5-6-18-20)12(21)19-10-4-2-3-9(7-10)14(15,16)17/h2-8H,1H3,(H,19,21)(H,22,23). The van der Waals surface area contributed by atoms with E-state index in [1.807, 2.05) is 0 Å². The fourth-order valence-electron chi connectivity index (χ4n) is 1.92. The van der Waals surface area contributed by atoms with Crippen LogP contribution in [-0.4, -0.2) is 26.8 Å². The Morgan fingerprint density at radius 2 is 2.00 bits per heavy atom. The van der Waals surface area contributed by atoms with Crippen molar-refractivity contribution in [3.63, 3.8) is 0 Å². The van der Waals surface area contributed by atoms with Crippen molar-refractivity contribution >= 4 is 17.6 Å². The number of nitrogens with zero attached hydrogens (tertiary/aromatic N) is 2. The molecular formula is C14H12F3N3O3. The molecule has 9 heteroatoms. The van der Waals surface area contributed by atoms with Gasteiger partial charge >= 0.3 is 12.1 Å². The maximum Gasteiger partial charge on any atom is 0.416 e. The minimum Gasteiger partial charge on any atom is -0.477 e. The van der Waals surface area contributed by atoms with Gasteiger partial charge in [-0.1, -0.05) is 6.07 Å². The summed E-state index contributed by atoms with van der Waals surface area (Å²) in [6, 6.07) is 4.36. The van der Waals surface area contributed by atoms with Crippen LogP contribution >= 0.6 is 0 Å². The van der Waals surface area contributed by atoms with Gasteiger partial charge in [-0.15, -0.1) is 0 Å². The number of hydrogen-bond donors (Lipinski definition) is 2. The van der Waals surface area contributed by atoms with E-state index in [0.717, 1.165) is 16.8 Å². The molecule has 0 radical (unpaired) electrons. The van der Waals surface area contributed by atoms with Gasteiger partial charge in [0.2, 0.25) is 5.91 Å². The number of hydrogen-bond acceptors (Lipinski definition) is 3. The number of nitrogens with one attached hydrogen (secondary N) is 1. The van der Waals surface area contributed by atoms with Gasteiger partial charge in [0.05, 0.1) is 5.56 Å². The summed E-state index contributed by atoms with van der Waals surface area (Å²) in [4.78, 5) is 23.1. The minimum atomic E-state index is -4.52. The lowest BCUT2D eigenvalue weighted by Gasteiger charge is -2.15. The number of carbonyl (C=O) groups is 2. The number of rotatable bonds is 4. The van der Waals surface area contributed by atoms with Crippen molar-refractivity contribution in [2.24, 2.45) is 0 Å². The summed E-state index contributed by atoms with van der Waals surface area (Å²) in [5.41, 5.74) is -1.13. The lowest BCUT2D eigenvalue weighted by Crippen LogP contribution is -2.27. The van der Waals surface area contributed by atoms with Crippen LogP contribution in [-0.2, 0) is 11.0 Å². The lowest BCUT2D eigenvalue weighted by molar-refractivity contribution is -0.137. The third-order valence-electron chi connectivity index (χ3n) is 3.09. The van der Waals surface area contributed by atoms with Crippen LogP contribution in [0.25, 0.3) is 0 Å². The Morgan fingerprint density at radius 3 is 2.61 bits per heavy atom. The summed E-state index contributed by atoms with van der Waals surface area (Å²) in [6.07, 6.45) is -3.30. The van der Waals surface area contributed by atoms with Crippen LogP contribution in [0.3, 0.4) is 0 Å². The molecule has 2 rings (SSSR count). The number of amides is 1. The lowest BCUT2D eigenvalue weighted by atomic mass is 10.2. The van der Waals surface area contributed by atoms with Crippen molar-refractivity contribution in [3.05, 3.63) is 47.8 Å². The van der Waals surface area contributed by atoms with E-state index >= 15 is 0 Å².